The summed E-state index contributed by atoms with van der Waals surface area (Å²) < 4.78 is 25.9. The number of amides is 2. The largest absolute Gasteiger partial charge is 0.355 e. The Bertz CT molecular complexity index is 982. The van der Waals surface area contributed by atoms with Gasteiger partial charge < -0.3 is 10.2 Å². The second-order valence-electron chi connectivity index (χ2n) is 7.07. The summed E-state index contributed by atoms with van der Waals surface area (Å²) in [7, 11) is -3.72. The molecule has 0 aromatic heterocycles. The maximum Gasteiger partial charge on any atom is 0.244 e. The zero-order chi connectivity index (χ0) is 23.0. The Kier molecular flexibility index (Phi) is 8.88. The highest BCUT2D eigenvalue weighted by molar-refractivity contribution is 7.92. The molecular formula is C22H28ClN3O4S. The fourth-order valence-electron chi connectivity index (χ4n) is 3.21. The van der Waals surface area contributed by atoms with E-state index in [0.29, 0.717) is 23.7 Å². The van der Waals surface area contributed by atoms with E-state index in [1.165, 1.54) is 4.90 Å². The van der Waals surface area contributed by atoms with Crippen molar-refractivity contribution in [3.8, 4) is 0 Å². The lowest BCUT2D eigenvalue weighted by Gasteiger charge is -2.32. The van der Waals surface area contributed by atoms with Crippen LogP contribution in [0.15, 0.2) is 54.6 Å². The minimum Gasteiger partial charge on any atom is -0.355 e. The predicted molar refractivity (Wildman–Crippen MR) is 123 cm³/mol. The number of rotatable bonds is 10. The molecule has 2 aromatic rings. The third kappa shape index (κ3) is 6.97. The molecule has 31 heavy (non-hydrogen) atoms. The van der Waals surface area contributed by atoms with Gasteiger partial charge in [-0.2, -0.15) is 0 Å². The molecule has 2 rings (SSSR count). The number of benzene rings is 2. The molecular weight excluding hydrogens is 438 g/mol. The summed E-state index contributed by atoms with van der Waals surface area (Å²) in [4.78, 5) is 27.5. The highest BCUT2D eigenvalue weighted by atomic mass is 35.5. The Morgan fingerprint density at radius 2 is 1.65 bits per heavy atom. The smallest absolute Gasteiger partial charge is 0.244 e. The molecule has 0 fully saturated rings. The number of carbonyl (C=O) groups excluding carboxylic acids is 2. The average Bonchev–Trinajstić information content (AvgIpc) is 2.73. The minimum atomic E-state index is -3.72. The summed E-state index contributed by atoms with van der Waals surface area (Å²) >= 11 is 5.96. The molecule has 0 heterocycles. The van der Waals surface area contributed by atoms with Crippen molar-refractivity contribution in [2.24, 2.45) is 0 Å². The van der Waals surface area contributed by atoms with E-state index in [4.69, 9.17) is 11.6 Å². The van der Waals surface area contributed by atoms with E-state index in [0.717, 1.165) is 16.1 Å². The van der Waals surface area contributed by atoms with Crippen LogP contribution < -0.4 is 9.62 Å². The third-order valence-corrected chi connectivity index (χ3v) is 6.12. The number of para-hydroxylation sites is 1. The Morgan fingerprint density at radius 1 is 1.03 bits per heavy atom. The molecule has 0 saturated carbocycles. The first kappa shape index (κ1) is 24.7. The molecule has 1 N–H and O–H groups in total. The first-order valence-corrected chi connectivity index (χ1v) is 12.2. The van der Waals surface area contributed by atoms with Gasteiger partial charge in [-0.3, -0.25) is 13.9 Å². The highest BCUT2D eigenvalue weighted by Crippen LogP contribution is 2.20. The van der Waals surface area contributed by atoms with Gasteiger partial charge in [0.1, 0.15) is 12.6 Å². The number of sulfonamides is 1. The van der Waals surface area contributed by atoms with Gasteiger partial charge >= 0.3 is 0 Å². The Morgan fingerprint density at radius 3 is 2.16 bits per heavy atom. The molecule has 2 aromatic carbocycles. The summed E-state index contributed by atoms with van der Waals surface area (Å²) in [5, 5.41) is 3.32. The normalized spacial score (nSPS) is 12.1. The SMILES string of the molecule is CCNC(=O)[C@@H](CC)N(Cc1ccc(Cl)cc1)C(=O)CN(c1ccccc1)S(C)(=O)=O. The van der Waals surface area contributed by atoms with Crippen LogP contribution in [0.1, 0.15) is 25.8 Å². The first-order valence-electron chi connectivity index (χ1n) is 10.0. The van der Waals surface area contributed by atoms with Crippen LogP contribution in [0.4, 0.5) is 5.69 Å². The summed E-state index contributed by atoms with van der Waals surface area (Å²) in [6.45, 7) is 3.78. The maximum atomic E-state index is 13.4. The van der Waals surface area contributed by atoms with E-state index < -0.39 is 28.5 Å². The van der Waals surface area contributed by atoms with E-state index in [2.05, 4.69) is 5.32 Å². The van der Waals surface area contributed by atoms with Gasteiger partial charge in [0.2, 0.25) is 21.8 Å². The lowest BCUT2D eigenvalue weighted by atomic mass is 10.1. The van der Waals surface area contributed by atoms with Crippen molar-refractivity contribution >= 4 is 39.1 Å². The molecule has 0 aliphatic carbocycles. The average molecular weight is 466 g/mol. The van der Waals surface area contributed by atoms with Crippen LogP contribution in [0, 0.1) is 0 Å². The van der Waals surface area contributed by atoms with E-state index in [1.54, 1.807) is 61.5 Å². The molecule has 0 saturated heterocycles. The Hall–Kier alpha value is -2.58. The third-order valence-electron chi connectivity index (χ3n) is 4.73. The second kappa shape index (κ2) is 11.2. The molecule has 0 unspecified atom stereocenters. The van der Waals surface area contributed by atoms with Gasteiger partial charge in [-0.05, 0) is 43.2 Å². The zero-order valence-electron chi connectivity index (χ0n) is 17.9. The summed E-state index contributed by atoms with van der Waals surface area (Å²) in [5.41, 5.74) is 1.17. The zero-order valence-corrected chi connectivity index (χ0v) is 19.5. The van der Waals surface area contributed by atoms with Crippen molar-refractivity contribution in [3.05, 3.63) is 65.2 Å². The van der Waals surface area contributed by atoms with Crippen molar-refractivity contribution in [1.82, 2.24) is 10.2 Å². The van der Waals surface area contributed by atoms with Gasteiger partial charge in [0.15, 0.2) is 0 Å². The molecule has 168 valence electrons. The first-order chi connectivity index (χ1) is 14.7. The van der Waals surface area contributed by atoms with Crippen molar-refractivity contribution < 1.29 is 18.0 Å². The maximum absolute atomic E-state index is 13.4. The number of nitrogens with one attached hydrogen (secondary N) is 1. The molecule has 0 radical (unpaired) electrons. The number of hydrogen-bond acceptors (Lipinski definition) is 4. The predicted octanol–water partition coefficient (Wildman–Crippen LogP) is 3.05. The quantitative estimate of drug-likeness (QED) is 0.584. The van der Waals surface area contributed by atoms with E-state index in [9.17, 15) is 18.0 Å². The molecule has 0 spiro atoms. The van der Waals surface area contributed by atoms with Crippen molar-refractivity contribution in [3.63, 3.8) is 0 Å². The number of anilines is 1. The number of halogens is 1. The monoisotopic (exact) mass is 465 g/mol. The minimum absolute atomic E-state index is 0.151. The highest BCUT2D eigenvalue weighted by Gasteiger charge is 2.31. The van der Waals surface area contributed by atoms with Gasteiger partial charge in [0.05, 0.1) is 11.9 Å². The van der Waals surface area contributed by atoms with Crippen molar-refractivity contribution in [2.45, 2.75) is 32.9 Å². The topological polar surface area (TPSA) is 86.8 Å². The number of likely N-dealkylation sites (N-methyl/N-ethyl adjacent to an activating group) is 1. The van der Waals surface area contributed by atoms with Crippen LogP contribution in [-0.2, 0) is 26.2 Å². The molecule has 0 aliphatic heterocycles. The summed E-state index contributed by atoms with van der Waals surface area (Å²) in [6.07, 6.45) is 1.44. The fourth-order valence-corrected chi connectivity index (χ4v) is 4.18. The van der Waals surface area contributed by atoms with Gasteiger partial charge in [-0.15, -0.1) is 0 Å². The van der Waals surface area contributed by atoms with Crippen LogP contribution >= 0.6 is 11.6 Å². The van der Waals surface area contributed by atoms with Gasteiger partial charge in [0.25, 0.3) is 0 Å². The molecule has 9 heteroatoms. The Labute approximate surface area is 189 Å². The number of carbonyl (C=O) groups is 2. The van der Waals surface area contributed by atoms with Crippen LogP contribution in [0.25, 0.3) is 0 Å². The summed E-state index contributed by atoms with van der Waals surface area (Å²) in [5.74, 6) is -0.750. The van der Waals surface area contributed by atoms with Crippen molar-refractivity contribution in [2.75, 3.05) is 23.7 Å². The lowest BCUT2D eigenvalue weighted by Crippen LogP contribution is -2.52. The second-order valence-corrected chi connectivity index (χ2v) is 9.42. The van der Waals surface area contributed by atoms with Crippen LogP contribution in [0.2, 0.25) is 5.02 Å². The molecule has 0 bridgehead atoms. The molecule has 1 atom stereocenters. The van der Waals surface area contributed by atoms with Crippen LogP contribution in [-0.4, -0.2) is 50.5 Å². The van der Waals surface area contributed by atoms with Crippen LogP contribution in [0.3, 0.4) is 0 Å². The van der Waals surface area contributed by atoms with E-state index in [1.807, 2.05) is 6.92 Å². The lowest BCUT2D eigenvalue weighted by molar-refractivity contribution is -0.140. The van der Waals surface area contributed by atoms with Gasteiger partial charge in [0, 0.05) is 18.1 Å². The molecule has 0 aliphatic rings. The van der Waals surface area contributed by atoms with E-state index >= 15 is 0 Å². The molecule has 2 amide bonds. The van der Waals surface area contributed by atoms with Gasteiger partial charge in [-0.25, -0.2) is 8.42 Å². The van der Waals surface area contributed by atoms with Gasteiger partial charge in [-0.1, -0.05) is 48.9 Å². The number of hydrogen-bond donors (Lipinski definition) is 1. The Balaban J connectivity index is 2.39. The van der Waals surface area contributed by atoms with Crippen LogP contribution in [0.5, 0.6) is 0 Å². The fraction of sp³-hybridized carbons (Fsp3) is 0.364. The molecule has 7 nitrogen and oxygen atoms in total. The summed E-state index contributed by atoms with van der Waals surface area (Å²) in [6, 6.07) is 14.6. The standard InChI is InChI=1S/C22H28ClN3O4S/c1-4-20(22(28)24-5-2)25(15-17-11-13-18(23)14-12-17)21(27)16-26(31(3,29)30)19-9-7-6-8-10-19/h6-14,20H,4-5,15-16H2,1-3H3,(H,24,28)/t20-/m1/s1. The van der Waals surface area contributed by atoms with Crippen molar-refractivity contribution in [1.29, 1.82) is 0 Å². The number of nitrogens with zero attached hydrogens (tertiary/aromatic N) is 2. The van der Waals surface area contributed by atoms with E-state index in [-0.39, 0.29) is 12.5 Å².